The third-order valence-electron chi connectivity index (χ3n) is 4.78. The molecule has 3 rings (SSSR count). The van der Waals surface area contributed by atoms with Gasteiger partial charge in [-0.2, -0.15) is 0 Å². The van der Waals surface area contributed by atoms with E-state index in [-0.39, 0.29) is 11.8 Å². The van der Waals surface area contributed by atoms with Gasteiger partial charge in [0, 0.05) is 45.0 Å². The second-order valence-corrected chi connectivity index (χ2v) is 6.57. The number of nitrogen functional groups attached to an aromatic ring is 1. The predicted octanol–water partition coefficient (Wildman–Crippen LogP) is -0.186. The van der Waals surface area contributed by atoms with Gasteiger partial charge in [0.1, 0.15) is 0 Å². The summed E-state index contributed by atoms with van der Waals surface area (Å²) in [5.74, 6) is 0.248. The second-order valence-electron chi connectivity index (χ2n) is 6.57. The Labute approximate surface area is 148 Å². The number of piperazine rings is 1. The van der Waals surface area contributed by atoms with Gasteiger partial charge in [0.05, 0.1) is 26.2 Å². The summed E-state index contributed by atoms with van der Waals surface area (Å²) in [5, 5.41) is 0. The maximum atomic E-state index is 12.4. The van der Waals surface area contributed by atoms with Gasteiger partial charge in [-0.1, -0.05) is 12.1 Å². The first-order valence-corrected chi connectivity index (χ1v) is 8.82. The van der Waals surface area contributed by atoms with Crippen molar-refractivity contribution in [3.05, 3.63) is 29.8 Å². The smallest absolute Gasteiger partial charge is 0.236 e. The van der Waals surface area contributed by atoms with Gasteiger partial charge in [-0.3, -0.25) is 14.5 Å². The molecular formula is C18H26N4O3. The number of amides is 2. The van der Waals surface area contributed by atoms with E-state index in [1.165, 1.54) is 0 Å². The van der Waals surface area contributed by atoms with Crippen molar-refractivity contribution >= 4 is 17.5 Å². The molecule has 2 amide bonds. The van der Waals surface area contributed by atoms with E-state index in [1.54, 1.807) is 0 Å². The fourth-order valence-corrected chi connectivity index (χ4v) is 3.18. The second kappa shape index (κ2) is 8.31. The minimum Gasteiger partial charge on any atom is -0.399 e. The van der Waals surface area contributed by atoms with Crippen molar-refractivity contribution in [2.45, 2.75) is 6.42 Å². The predicted molar refractivity (Wildman–Crippen MR) is 95.0 cm³/mol. The fourth-order valence-electron chi connectivity index (χ4n) is 3.18. The van der Waals surface area contributed by atoms with Crippen LogP contribution in [0.2, 0.25) is 0 Å². The highest BCUT2D eigenvalue weighted by Gasteiger charge is 2.25. The molecule has 2 fully saturated rings. The maximum Gasteiger partial charge on any atom is 0.236 e. The average Bonchev–Trinajstić information content (AvgIpc) is 2.64. The number of hydrogen-bond acceptors (Lipinski definition) is 5. The Hall–Kier alpha value is -2.12. The molecule has 2 saturated heterocycles. The van der Waals surface area contributed by atoms with E-state index in [1.807, 2.05) is 34.1 Å². The molecule has 0 unspecified atom stereocenters. The van der Waals surface area contributed by atoms with Crippen molar-refractivity contribution in [1.29, 1.82) is 0 Å². The van der Waals surface area contributed by atoms with Crippen LogP contribution < -0.4 is 5.73 Å². The number of rotatable bonds is 4. The number of carbonyl (C=O) groups is 2. The molecule has 7 nitrogen and oxygen atoms in total. The summed E-state index contributed by atoms with van der Waals surface area (Å²) in [7, 11) is 0. The molecule has 2 heterocycles. The molecule has 0 aromatic heterocycles. The number of benzene rings is 1. The zero-order valence-electron chi connectivity index (χ0n) is 14.5. The van der Waals surface area contributed by atoms with Crippen molar-refractivity contribution < 1.29 is 14.3 Å². The molecule has 0 spiro atoms. The molecule has 2 N–H and O–H groups in total. The lowest BCUT2D eigenvalue weighted by Crippen LogP contribution is -2.53. The monoisotopic (exact) mass is 346 g/mol. The van der Waals surface area contributed by atoms with Crippen LogP contribution in [0.3, 0.4) is 0 Å². The topological polar surface area (TPSA) is 79.1 Å². The lowest BCUT2D eigenvalue weighted by atomic mass is 10.1. The molecule has 0 aliphatic carbocycles. The van der Waals surface area contributed by atoms with E-state index < -0.39 is 0 Å². The Morgan fingerprint density at radius 3 is 2.04 bits per heavy atom. The minimum atomic E-state index is 0.102. The standard InChI is InChI=1S/C18H26N4O3/c19-16-3-1-15(2-4-16)13-17(23)21-5-7-22(8-6-21)18(24)14-20-9-11-25-12-10-20/h1-4H,5-14,19H2. The lowest BCUT2D eigenvalue weighted by Gasteiger charge is -2.36. The first-order chi connectivity index (χ1) is 12.1. The van der Waals surface area contributed by atoms with E-state index in [0.29, 0.717) is 58.0 Å². The third-order valence-corrected chi connectivity index (χ3v) is 4.78. The van der Waals surface area contributed by atoms with Crippen LogP contribution in [0.5, 0.6) is 0 Å². The summed E-state index contributed by atoms with van der Waals surface area (Å²) >= 11 is 0. The summed E-state index contributed by atoms with van der Waals surface area (Å²) in [6, 6.07) is 7.39. The first kappa shape index (κ1) is 17.7. The summed E-state index contributed by atoms with van der Waals surface area (Å²) in [5.41, 5.74) is 7.33. The van der Waals surface area contributed by atoms with Crippen molar-refractivity contribution in [3.8, 4) is 0 Å². The van der Waals surface area contributed by atoms with Crippen LogP contribution >= 0.6 is 0 Å². The molecule has 0 atom stereocenters. The quantitative estimate of drug-likeness (QED) is 0.765. The number of ether oxygens (including phenoxy) is 1. The number of carbonyl (C=O) groups excluding carboxylic acids is 2. The molecule has 7 heteroatoms. The van der Waals surface area contributed by atoms with E-state index in [0.717, 1.165) is 18.7 Å². The normalized spacial score (nSPS) is 19.0. The molecule has 1 aromatic carbocycles. The SMILES string of the molecule is Nc1ccc(CC(=O)N2CCN(C(=O)CN3CCOCC3)CC2)cc1. The van der Waals surface area contributed by atoms with Crippen LogP contribution in [0, 0.1) is 0 Å². The van der Waals surface area contributed by atoms with Crippen molar-refractivity contribution in [2.24, 2.45) is 0 Å². The van der Waals surface area contributed by atoms with E-state index >= 15 is 0 Å². The number of nitrogens with two attached hydrogens (primary N) is 1. The van der Waals surface area contributed by atoms with Gasteiger partial charge in [-0.25, -0.2) is 0 Å². The molecule has 25 heavy (non-hydrogen) atoms. The van der Waals surface area contributed by atoms with Crippen LogP contribution in [0.25, 0.3) is 0 Å². The molecule has 136 valence electrons. The zero-order valence-corrected chi connectivity index (χ0v) is 14.5. The Kier molecular flexibility index (Phi) is 5.88. The molecule has 2 aliphatic heterocycles. The maximum absolute atomic E-state index is 12.4. The van der Waals surface area contributed by atoms with E-state index in [2.05, 4.69) is 4.90 Å². The van der Waals surface area contributed by atoms with Gasteiger partial charge in [-0.05, 0) is 17.7 Å². The van der Waals surface area contributed by atoms with Crippen LogP contribution in [0.1, 0.15) is 5.56 Å². The largest absolute Gasteiger partial charge is 0.399 e. The average molecular weight is 346 g/mol. The van der Waals surface area contributed by atoms with Crippen LogP contribution in [-0.4, -0.2) is 85.5 Å². The number of anilines is 1. The van der Waals surface area contributed by atoms with Crippen molar-refractivity contribution in [1.82, 2.24) is 14.7 Å². The van der Waals surface area contributed by atoms with Crippen molar-refractivity contribution in [3.63, 3.8) is 0 Å². The Bertz CT molecular complexity index is 591. The van der Waals surface area contributed by atoms with Gasteiger partial charge < -0.3 is 20.3 Å². The van der Waals surface area contributed by atoms with Gasteiger partial charge in [0.15, 0.2) is 0 Å². The number of nitrogens with zero attached hydrogens (tertiary/aromatic N) is 3. The highest BCUT2D eigenvalue weighted by molar-refractivity contribution is 5.80. The highest BCUT2D eigenvalue weighted by atomic mass is 16.5. The van der Waals surface area contributed by atoms with Gasteiger partial charge in [0.25, 0.3) is 0 Å². The highest BCUT2D eigenvalue weighted by Crippen LogP contribution is 2.10. The molecule has 0 radical (unpaired) electrons. The first-order valence-electron chi connectivity index (χ1n) is 8.82. The number of morpholine rings is 1. The molecular weight excluding hydrogens is 320 g/mol. The summed E-state index contributed by atoms with van der Waals surface area (Å²) < 4.78 is 5.30. The Morgan fingerprint density at radius 2 is 1.44 bits per heavy atom. The summed E-state index contributed by atoms with van der Waals surface area (Å²) in [4.78, 5) is 30.6. The zero-order chi connectivity index (χ0) is 17.6. The van der Waals surface area contributed by atoms with Crippen LogP contribution in [-0.2, 0) is 20.7 Å². The minimum absolute atomic E-state index is 0.102. The molecule has 2 aliphatic rings. The molecule has 1 aromatic rings. The van der Waals surface area contributed by atoms with Crippen LogP contribution in [0.15, 0.2) is 24.3 Å². The summed E-state index contributed by atoms with van der Waals surface area (Å²) in [6.07, 6.45) is 0.377. The van der Waals surface area contributed by atoms with Gasteiger partial charge >= 0.3 is 0 Å². The number of hydrogen-bond donors (Lipinski definition) is 1. The third kappa shape index (κ3) is 4.93. The van der Waals surface area contributed by atoms with Gasteiger partial charge in [0.2, 0.25) is 11.8 Å². The summed E-state index contributed by atoms with van der Waals surface area (Å²) in [6.45, 7) is 5.88. The fraction of sp³-hybridized carbons (Fsp3) is 0.556. The Morgan fingerprint density at radius 1 is 0.880 bits per heavy atom. The molecule has 0 saturated carbocycles. The van der Waals surface area contributed by atoms with E-state index in [4.69, 9.17) is 10.5 Å². The Balaban J connectivity index is 1.43. The van der Waals surface area contributed by atoms with Crippen LogP contribution in [0.4, 0.5) is 5.69 Å². The van der Waals surface area contributed by atoms with E-state index in [9.17, 15) is 9.59 Å². The van der Waals surface area contributed by atoms with Crippen molar-refractivity contribution in [2.75, 3.05) is 64.8 Å². The van der Waals surface area contributed by atoms with Gasteiger partial charge in [-0.15, -0.1) is 0 Å². The lowest BCUT2D eigenvalue weighted by molar-refractivity contribution is -0.140. The molecule has 0 bridgehead atoms.